The van der Waals surface area contributed by atoms with E-state index in [9.17, 15) is 13.2 Å². The highest BCUT2D eigenvalue weighted by atomic mass is 35.5. The van der Waals surface area contributed by atoms with Crippen molar-refractivity contribution in [3.05, 3.63) is 35.6 Å². The zero-order valence-electron chi connectivity index (χ0n) is 12.0. The molecule has 1 aliphatic rings. The molecule has 6 nitrogen and oxygen atoms in total. The summed E-state index contributed by atoms with van der Waals surface area (Å²) in [4.78, 5) is 15.4. The normalized spacial score (nSPS) is 15.0. The van der Waals surface area contributed by atoms with Crippen LogP contribution in [-0.2, 0) is 6.18 Å². The molecule has 10 heteroatoms. The van der Waals surface area contributed by atoms with Crippen LogP contribution in [-0.4, -0.2) is 30.5 Å². The summed E-state index contributed by atoms with van der Waals surface area (Å²) in [6.07, 6.45) is 1.41. The van der Waals surface area contributed by atoms with Crippen molar-refractivity contribution < 1.29 is 13.2 Å². The summed E-state index contributed by atoms with van der Waals surface area (Å²) >= 11 is 5.90. The van der Waals surface area contributed by atoms with Gasteiger partial charge in [-0.05, 0) is 18.9 Å². The highest BCUT2D eigenvalue weighted by Gasteiger charge is 2.37. The van der Waals surface area contributed by atoms with Gasteiger partial charge in [0.1, 0.15) is 6.33 Å². The first kappa shape index (κ1) is 15.1. The van der Waals surface area contributed by atoms with Gasteiger partial charge in [0.2, 0.25) is 5.82 Å². The topological polar surface area (TPSA) is 68.5 Å². The quantitative estimate of drug-likeness (QED) is 0.780. The molecule has 3 aromatic rings. The minimum absolute atomic E-state index is 0.0459. The van der Waals surface area contributed by atoms with Crippen LogP contribution in [0.1, 0.15) is 18.7 Å². The van der Waals surface area contributed by atoms with E-state index in [2.05, 4.69) is 25.3 Å². The molecule has 24 heavy (non-hydrogen) atoms. The van der Waals surface area contributed by atoms with E-state index in [1.807, 2.05) is 0 Å². The van der Waals surface area contributed by atoms with E-state index < -0.39 is 12.0 Å². The molecule has 1 saturated carbocycles. The van der Waals surface area contributed by atoms with Crippen molar-refractivity contribution in [3.63, 3.8) is 0 Å². The van der Waals surface area contributed by atoms with Crippen molar-refractivity contribution in [2.45, 2.75) is 25.1 Å². The second-order valence-corrected chi connectivity index (χ2v) is 5.90. The van der Waals surface area contributed by atoms with E-state index >= 15 is 0 Å². The largest absolute Gasteiger partial charge is 0.451 e. The van der Waals surface area contributed by atoms with Crippen molar-refractivity contribution in [1.82, 2.24) is 24.5 Å². The molecule has 124 valence electrons. The van der Waals surface area contributed by atoms with Crippen molar-refractivity contribution in [1.29, 1.82) is 0 Å². The number of hydrogen-bond acceptors (Lipinski definition) is 5. The number of aromatic nitrogens is 5. The number of halogens is 4. The second kappa shape index (κ2) is 5.30. The van der Waals surface area contributed by atoms with Gasteiger partial charge in [-0.25, -0.2) is 15.0 Å². The van der Waals surface area contributed by atoms with Crippen LogP contribution in [0.15, 0.2) is 24.8 Å². The molecule has 1 fully saturated rings. The predicted molar refractivity (Wildman–Crippen MR) is 81.1 cm³/mol. The van der Waals surface area contributed by atoms with Crippen molar-refractivity contribution in [3.8, 4) is 5.69 Å². The van der Waals surface area contributed by atoms with Gasteiger partial charge in [0.05, 0.1) is 16.9 Å². The fourth-order valence-electron chi connectivity index (χ4n) is 2.27. The Labute approximate surface area is 138 Å². The van der Waals surface area contributed by atoms with E-state index in [0.29, 0.717) is 10.7 Å². The number of imidazole rings is 1. The standard InChI is InChI=1S/C14H10ClF3N6/c15-7-3-9(5-19-4-7)24-6-20-10-11(21-8-1-2-8)22-13(14(16,17)18)23-12(10)24/h3-6,8H,1-2H2,(H,21,22,23). The number of fused-ring (bicyclic) bond motifs is 1. The summed E-state index contributed by atoms with van der Waals surface area (Å²) in [5.41, 5.74) is 0.786. The van der Waals surface area contributed by atoms with Gasteiger partial charge in [0.25, 0.3) is 0 Å². The first-order valence-corrected chi connectivity index (χ1v) is 7.49. The van der Waals surface area contributed by atoms with Crippen molar-refractivity contribution in [2.75, 3.05) is 5.32 Å². The fourth-order valence-corrected chi connectivity index (χ4v) is 2.44. The Bertz CT molecular complexity index is 919. The van der Waals surface area contributed by atoms with E-state index in [0.717, 1.165) is 12.8 Å². The highest BCUT2D eigenvalue weighted by Crippen LogP contribution is 2.33. The molecule has 0 unspecified atom stereocenters. The van der Waals surface area contributed by atoms with Crippen LogP contribution in [0.2, 0.25) is 5.02 Å². The summed E-state index contributed by atoms with van der Waals surface area (Å²) in [7, 11) is 0. The van der Waals surface area contributed by atoms with Gasteiger partial charge in [0.15, 0.2) is 17.0 Å². The number of nitrogens with zero attached hydrogens (tertiary/aromatic N) is 5. The van der Waals surface area contributed by atoms with Gasteiger partial charge >= 0.3 is 6.18 Å². The Morgan fingerprint density at radius 1 is 1.21 bits per heavy atom. The van der Waals surface area contributed by atoms with Gasteiger partial charge < -0.3 is 5.32 Å². The van der Waals surface area contributed by atoms with Crippen LogP contribution in [0.25, 0.3) is 16.9 Å². The Balaban J connectivity index is 1.93. The van der Waals surface area contributed by atoms with Gasteiger partial charge in [-0.15, -0.1) is 0 Å². The van der Waals surface area contributed by atoms with E-state index in [1.165, 1.54) is 23.3 Å². The second-order valence-electron chi connectivity index (χ2n) is 5.46. The van der Waals surface area contributed by atoms with E-state index in [1.54, 1.807) is 6.07 Å². The number of alkyl halides is 3. The molecule has 0 bridgehead atoms. The molecule has 0 aromatic carbocycles. The van der Waals surface area contributed by atoms with E-state index in [-0.39, 0.29) is 23.0 Å². The number of anilines is 1. The van der Waals surface area contributed by atoms with Crippen LogP contribution >= 0.6 is 11.6 Å². The van der Waals surface area contributed by atoms with Crippen LogP contribution < -0.4 is 5.32 Å². The molecule has 3 aromatic heterocycles. The molecular formula is C14H10ClF3N6. The minimum atomic E-state index is -4.66. The molecule has 1 N–H and O–H groups in total. The maximum absolute atomic E-state index is 13.1. The first-order valence-electron chi connectivity index (χ1n) is 7.11. The Morgan fingerprint density at radius 3 is 2.67 bits per heavy atom. The van der Waals surface area contributed by atoms with Crippen molar-refractivity contribution in [2.24, 2.45) is 0 Å². The molecule has 4 rings (SSSR count). The zero-order chi connectivity index (χ0) is 16.9. The average Bonchev–Trinajstić information content (AvgIpc) is 3.22. The lowest BCUT2D eigenvalue weighted by molar-refractivity contribution is -0.144. The maximum Gasteiger partial charge on any atom is 0.451 e. The molecule has 0 amide bonds. The Morgan fingerprint density at radius 2 is 2.00 bits per heavy atom. The fraction of sp³-hybridized carbons (Fsp3) is 0.286. The number of rotatable bonds is 3. The SMILES string of the molecule is FC(F)(F)c1nc(NC2CC2)c2ncn(-c3cncc(Cl)c3)c2n1. The maximum atomic E-state index is 13.1. The van der Waals surface area contributed by atoms with Gasteiger partial charge in [-0.2, -0.15) is 13.2 Å². The summed E-state index contributed by atoms with van der Waals surface area (Å²) < 4.78 is 40.8. The lowest BCUT2D eigenvalue weighted by Crippen LogP contribution is -2.15. The zero-order valence-corrected chi connectivity index (χ0v) is 12.8. The number of pyridine rings is 1. The molecule has 1 aliphatic carbocycles. The number of nitrogens with one attached hydrogen (secondary N) is 1. The molecular weight excluding hydrogens is 345 g/mol. The smallest absolute Gasteiger partial charge is 0.365 e. The summed E-state index contributed by atoms with van der Waals surface area (Å²) in [6, 6.07) is 1.70. The summed E-state index contributed by atoms with van der Waals surface area (Å²) in [6.45, 7) is 0. The average molecular weight is 355 g/mol. The third-order valence-corrected chi connectivity index (χ3v) is 3.74. The van der Waals surface area contributed by atoms with Gasteiger partial charge in [0, 0.05) is 12.2 Å². The van der Waals surface area contributed by atoms with Crippen molar-refractivity contribution >= 4 is 28.6 Å². The minimum Gasteiger partial charge on any atom is -0.365 e. The third kappa shape index (κ3) is 2.75. The highest BCUT2D eigenvalue weighted by molar-refractivity contribution is 6.30. The number of hydrogen-bond donors (Lipinski definition) is 1. The Hall–Kier alpha value is -2.42. The predicted octanol–water partition coefficient (Wildman–Crippen LogP) is 3.46. The molecule has 0 atom stereocenters. The monoisotopic (exact) mass is 354 g/mol. The van der Waals surface area contributed by atoms with Crippen LogP contribution in [0, 0.1) is 0 Å². The van der Waals surface area contributed by atoms with Gasteiger partial charge in [-0.3, -0.25) is 9.55 Å². The van der Waals surface area contributed by atoms with Crippen LogP contribution in [0.3, 0.4) is 0 Å². The molecule has 3 heterocycles. The lowest BCUT2D eigenvalue weighted by atomic mass is 10.4. The summed E-state index contributed by atoms with van der Waals surface area (Å²) in [5, 5.41) is 3.34. The molecule has 0 aliphatic heterocycles. The lowest BCUT2D eigenvalue weighted by Gasteiger charge is -2.10. The Kier molecular flexibility index (Phi) is 3.34. The first-order chi connectivity index (χ1) is 11.4. The summed E-state index contributed by atoms with van der Waals surface area (Å²) in [5.74, 6) is -1.13. The van der Waals surface area contributed by atoms with Crippen LogP contribution in [0.4, 0.5) is 19.0 Å². The van der Waals surface area contributed by atoms with Crippen LogP contribution in [0.5, 0.6) is 0 Å². The van der Waals surface area contributed by atoms with E-state index in [4.69, 9.17) is 11.6 Å². The molecule has 0 radical (unpaired) electrons. The van der Waals surface area contributed by atoms with Gasteiger partial charge in [-0.1, -0.05) is 11.6 Å². The third-order valence-electron chi connectivity index (χ3n) is 3.54. The molecule has 0 saturated heterocycles. The molecule has 0 spiro atoms.